The zero-order valence-electron chi connectivity index (χ0n) is 4.82. The third kappa shape index (κ3) is 22.5. The SMILES string of the molecule is [K].[Li].[Na].[Se].[Sr].[Zn]. The predicted octanol–water partition coefficient (Wildman–Crippen LogP) is -1.91. The molecule has 0 spiro atoms. The van der Waals surface area contributed by atoms with Gasteiger partial charge in [0.25, 0.3) is 0 Å². The molecule has 0 unspecified atom stereocenters. The molecule has 0 aromatic rings. The van der Waals surface area contributed by atoms with Crippen LogP contribution in [0.2, 0.25) is 0 Å². The van der Waals surface area contributed by atoms with Gasteiger partial charge >= 0.3 is 0 Å². The van der Waals surface area contributed by atoms with E-state index in [1.54, 1.807) is 0 Å². The van der Waals surface area contributed by atoms with Crippen LogP contribution in [0.25, 0.3) is 0 Å². The summed E-state index contributed by atoms with van der Waals surface area (Å²) in [4.78, 5) is 0. The summed E-state index contributed by atoms with van der Waals surface area (Å²) in [6.45, 7) is 0. The Labute approximate surface area is 176 Å². The molecule has 0 heterocycles. The van der Waals surface area contributed by atoms with Crippen molar-refractivity contribution in [3.05, 3.63) is 0 Å². The molecule has 13 valence electrons. The molecule has 0 aliphatic rings. The van der Waals surface area contributed by atoms with E-state index in [9.17, 15) is 0 Å². The van der Waals surface area contributed by atoms with Crippen molar-refractivity contribution in [2.24, 2.45) is 0 Å². The van der Waals surface area contributed by atoms with E-state index in [2.05, 4.69) is 0 Å². The van der Waals surface area contributed by atoms with Crippen molar-refractivity contribution in [3.63, 3.8) is 0 Å². The molecule has 7 radical (unpaired) electrons. The molecular formula is KLiNaSeSrZn. The van der Waals surface area contributed by atoms with Crippen molar-refractivity contribution in [1.29, 1.82) is 0 Å². The molecule has 0 rings (SSSR count). The fraction of sp³-hybridized carbons (Fsp3) is 0. The average molecular weight is 301 g/mol. The van der Waals surface area contributed by atoms with E-state index < -0.39 is 0 Å². The summed E-state index contributed by atoms with van der Waals surface area (Å²) in [7, 11) is 0. The van der Waals surface area contributed by atoms with Crippen LogP contribution in [0.4, 0.5) is 0 Å². The van der Waals surface area contributed by atoms with Gasteiger partial charge in [-0.25, -0.2) is 0 Å². The minimum Gasteiger partial charge on any atom is 0 e. The van der Waals surface area contributed by atoms with Gasteiger partial charge < -0.3 is 0 Å². The number of hydrogen-bond donors (Lipinski definition) is 0. The molecule has 6 heavy (non-hydrogen) atoms. The summed E-state index contributed by atoms with van der Waals surface area (Å²) < 4.78 is 0. The van der Waals surface area contributed by atoms with Gasteiger partial charge in [0.1, 0.15) is 0 Å². The summed E-state index contributed by atoms with van der Waals surface area (Å²) in [6.07, 6.45) is 0. The van der Waals surface area contributed by atoms with Crippen molar-refractivity contribution in [2.45, 2.75) is 0 Å². The second kappa shape index (κ2) is 30.8. The molecule has 0 aliphatic carbocycles. The summed E-state index contributed by atoms with van der Waals surface area (Å²) in [5, 5.41) is 0. The first-order valence-corrected chi connectivity index (χ1v) is 0. The molecule has 0 fully saturated rings. The quantitative estimate of drug-likeness (QED) is 0.458. The van der Waals surface area contributed by atoms with Crippen LogP contribution in [0.15, 0.2) is 0 Å². The molecular weight excluding hydrogens is 301 g/mol. The minimum absolute atomic E-state index is 0. The smallest absolute Gasteiger partial charge is 0 e. The van der Waals surface area contributed by atoms with Gasteiger partial charge in [0.05, 0.1) is 0 Å². The zero-order chi connectivity index (χ0) is 0. The molecule has 0 aliphatic heterocycles. The van der Waals surface area contributed by atoms with Gasteiger partial charge in [0.2, 0.25) is 0 Å². The average Bonchev–Trinajstić information content (AvgIpc) is 0. The maximum absolute atomic E-state index is 0. The second-order valence-corrected chi connectivity index (χ2v) is 0. The van der Waals surface area contributed by atoms with Gasteiger partial charge in [-0.05, 0) is 0 Å². The van der Waals surface area contributed by atoms with E-state index in [-0.39, 0.29) is 182 Å². The molecule has 0 amide bonds. The van der Waals surface area contributed by atoms with Crippen molar-refractivity contribution in [2.75, 3.05) is 0 Å². The topological polar surface area (TPSA) is 0 Å². The van der Waals surface area contributed by atoms with Gasteiger partial charge in [0, 0.05) is 182 Å². The Bertz CT molecular complexity index is 15.5. The molecule has 0 N–H and O–H groups in total. The van der Waals surface area contributed by atoms with E-state index in [0.717, 1.165) is 0 Å². The first kappa shape index (κ1) is 40.7. The van der Waals surface area contributed by atoms with E-state index >= 15 is 0 Å². The summed E-state index contributed by atoms with van der Waals surface area (Å²) in [5.41, 5.74) is 0. The Morgan fingerprint density at radius 1 is 1.00 bits per heavy atom. The first-order chi connectivity index (χ1) is 0. The van der Waals surface area contributed by atoms with E-state index in [1.165, 1.54) is 0 Å². The summed E-state index contributed by atoms with van der Waals surface area (Å²) in [5.74, 6) is 0. The number of hydrogen-bond acceptors (Lipinski definition) is 0. The van der Waals surface area contributed by atoms with Crippen molar-refractivity contribution < 1.29 is 19.5 Å². The molecule has 0 atom stereocenters. The Kier molecular flexibility index (Phi) is 209. The van der Waals surface area contributed by atoms with Gasteiger partial charge in [0.15, 0.2) is 0 Å². The maximum Gasteiger partial charge on any atom is 0 e. The third-order valence-corrected chi connectivity index (χ3v) is 0. The Morgan fingerprint density at radius 2 is 1.00 bits per heavy atom. The predicted molar refractivity (Wildman–Crippen MR) is 28.8 cm³/mol. The minimum atomic E-state index is 0. The molecule has 6 heteroatoms. The second-order valence-electron chi connectivity index (χ2n) is 0. The van der Waals surface area contributed by atoms with E-state index in [1.807, 2.05) is 0 Å². The van der Waals surface area contributed by atoms with Gasteiger partial charge in [-0.3, -0.25) is 0 Å². The Hall–Kier alpha value is 5.86. The Morgan fingerprint density at radius 3 is 1.00 bits per heavy atom. The van der Waals surface area contributed by atoms with Crippen LogP contribution in [0.5, 0.6) is 0 Å². The van der Waals surface area contributed by atoms with E-state index in [4.69, 9.17) is 0 Å². The summed E-state index contributed by atoms with van der Waals surface area (Å²) in [6, 6.07) is 0. The van der Waals surface area contributed by atoms with Gasteiger partial charge in [-0.15, -0.1) is 0 Å². The van der Waals surface area contributed by atoms with Gasteiger partial charge in [-0.1, -0.05) is 0 Å². The van der Waals surface area contributed by atoms with Crippen LogP contribution in [-0.4, -0.2) is 162 Å². The monoisotopic (exact) mass is 301 g/mol. The fourth-order valence-corrected chi connectivity index (χ4v) is 0. The van der Waals surface area contributed by atoms with Crippen LogP contribution in [0.3, 0.4) is 0 Å². The fourth-order valence-electron chi connectivity index (χ4n) is 0. The van der Waals surface area contributed by atoms with Crippen LogP contribution in [0.1, 0.15) is 0 Å². The Balaban J connectivity index is 0. The van der Waals surface area contributed by atoms with Crippen LogP contribution >= 0.6 is 0 Å². The van der Waals surface area contributed by atoms with Crippen LogP contribution < -0.4 is 0 Å². The largest absolute Gasteiger partial charge is 0 e. The van der Waals surface area contributed by atoms with Gasteiger partial charge in [-0.2, -0.15) is 0 Å². The van der Waals surface area contributed by atoms with Crippen LogP contribution in [0, 0.1) is 0 Å². The number of rotatable bonds is 0. The normalized spacial score (nSPS) is 0. The van der Waals surface area contributed by atoms with Crippen molar-refractivity contribution in [1.82, 2.24) is 0 Å². The molecule has 0 saturated carbocycles. The molecule has 0 saturated heterocycles. The van der Waals surface area contributed by atoms with Crippen molar-refractivity contribution in [3.8, 4) is 0 Å². The molecule has 0 bridgehead atoms. The van der Waals surface area contributed by atoms with Crippen LogP contribution in [-0.2, 0) is 19.5 Å². The molecule has 0 aromatic heterocycles. The van der Waals surface area contributed by atoms with E-state index in [0.29, 0.717) is 0 Å². The standard InChI is InChI=1S/K.Li.Na.Se.Sr.Zn. The maximum atomic E-state index is 0. The molecule has 0 nitrogen and oxygen atoms in total. The molecule has 0 aromatic carbocycles. The zero-order valence-corrected chi connectivity index (χ0v) is 18.1. The first-order valence-electron chi connectivity index (χ1n) is 0. The summed E-state index contributed by atoms with van der Waals surface area (Å²) >= 11 is 0. The third-order valence-electron chi connectivity index (χ3n) is 0. The van der Waals surface area contributed by atoms with Crippen molar-refractivity contribution >= 4 is 162 Å².